The van der Waals surface area contributed by atoms with Gasteiger partial charge in [-0.15, -0.1) is 0 Å². The number of ketones is 1. The molecule has 1 aromatic heterocycles. The van der Waals surface area contributed by atoms with E-state index in [4.69, 9.17) is 0 Å². The fourth-order valence-electron chi connectivity index (χ4n) is 1.41. The van der Waals surface area contributed by atoms with Crippen LogP contribution in [0.1, 0.15) is 16.2 Å². The van der Waals surface area contributed by atoms with Crippen LogP contribution in [0.5, 0.6) is 0 Å². The highest BCUT2D eigenvalue weighted by Crippen LogP contribution is 2.09. The van der Waals surface area contributed by atoms with E-state index in [-0.39, 0.29) is 17.8 Å². The number of rotatable bonds is 3. The third-order valence-electron chi connectivity index (χ3n) is 2.30. The zero-order valence-electron chi connectivity index (χ0n) is 8.72. The lowest BCUT2D eigenvalue weighted by atomic mass is 10.1. The summed E-state index contributed by atoms with van der Waals surface area (Å²) in [5.41, 5.74) is 0.0884. The molecule has 0 atom stereocenters. The van der Waals surface area contributed by atoms with Crippen LogP contribution in [0, 0.1) is 5.82 Å². The van der Waals surface area contributed by atoms with E-state index in [0.717, 1.165) is 0 Å². The summed E-state index contributed by atoms with van der Waals surface area (Å²) in [6.07, 6.45) is 1.42. The summed E-state index contributed by atoms with van der Waals surface area (Å²) in [4.78, 5) is 15.7. The summed E-state index contributed by atoms with van der Waals surface area (Å²) in [5.74, 6) is -0.280. The van der Waals surface area contributed by atoms with Crippen LogP contribution in [-0.4, -0.2) is 20.5 Å². The minimum Gasteiger partial charge on any atom is -0.294 e. The second-order valence-electron chi connectivity index (χ2n) is 3.38. The predicted molar refractivity (Wildman–Crippen MR) is 55.4 cm³/mol. The number of carbonyl (C=O) groups excluding carboxylic acids is 1. The van der Waals surface area contributed by atoms with E-state index in [1.54, 1.807) is 19.2 Å². The molecule has 82 valence electrons. The van der Waals surface area contributed by atoms with E-state index in [2.05, 4.69) is 10.1 Å². The zero-order chi connectivity index (χ0) is 11.5. The second kappa shape index (κ2) is 4.22. The summed E-state index contributed by atoms with van der Waals surface area (Å²) in [5, 5.41) is 3.85. The van der Waals surface area contributed by atoms with Crippen LogP contribution in [0.25, 0.3) is 0 Å². The third kappa shape index (κ3) is 1.98. The van der Waals surface area contributed by atoms with Gasteiger partial charge in [0.1, 0.15) is 18.0 Å². The molecule has 0 unspecified atom stereocenters. The number of halogens is 1. The monoisotopic (exact) mass is 219 g/mol. The Balaban J connectivity index is 2.22. The molecule has 0 N–H and O–H groups in total. The maximum atomic E-state index is 13.3. The van der Waals surface area contributed by atoms with Crippen LogP contribution in [0.15, 0.2) is 30.6 Å². The van der Waals surface area contributed by atoms with E-state index < -0.39 is 5.82 Å². The lowest BCUT2D eigenvalue weighted by Crippen LogP contribution is -2.10. The first kappa shape index (κ1) is 10.5. The summed E-state index contributed by atoms with van der Waals surface area (Å²) in [6, 6.07) is 5.92. The van der Waals surface area contributed by atoms with Crippen LogP contribution in [-0.2, 0) is 13.5 Å². The molecule has 0 bridgehead atoms. The molecular weight excluding hydrogens is 209 g/mol. The summed E-state index contributed by atoms with van der Waals surface area (Å²) < 4.78 is 14.8. The Morgan fingerprint density at radius 2 is 2.19 bits per heavy atom. The molecular formula is C11H10FN3O. The Hall–Kier alpha value is -2.04. The Kier molecular flexibility index (Phi) is 2.76. The Labute approximate surface area is 91.7 Å². The van der Waals surface area contributed by atoms with Crippen molar-refractivity contribution in [3.8, 4) is 0 Å². The minimum absolute atomic E-state index is 0.0530. The standard InChI is InChI=1S/C11H10FN3O/c1-15-11(13-7-14-15)6-10(16)8-4-2-3-5-9(8)12/h2-5,7H,6H2,1H3. The van der Waals surface area contributed by atoms with Crippen LogP contribution in [0.2, 0.25) is 0 Å². The molecule has 1 heterocycles. The van der Waals surface area contributed by atoms with E-state index in [1.165, 1.54) is 23.1 Å². The third-order valence-corrected chi connectivity index (χ3v) is 2.30. The molecule has 0 fully saturated rings. The summed E-state index contributed by atoms with van der Waals surface area (Å²) in [7, 11) is 1.69. The Morgan fingerprint density at radius 1 is 1.44 bits per heavy atom. The van der Waals surface area contributed by atoms with Gasteiger partial charge < -0.3 is 0 Å². The molecule has 1 aromatic carbocycles. The van der Waals surface area contributed by atoms with Crippen molar-refractivity contribution in [1.29, 1.82) is 0 Å². The van der Waals surface area contributed by atoms with Gasteiger partial charge in [-0.25, -0.2) is 9.37 Å². The highest BCUT2D eigenvalue weighted by molar-refractivity contribution is 5.97. The first-order valence-corrected chi connectivity index (χ1v) is 4.79. The number of hydrogen-bond acceptors (Lipinski definition) is 3. The van der Waals surface area contributed by atoms with Crippen LogP contribution in [0.4, 0.5) is 4.39 Å². The molecule has 5 heteroatoms. The van der Waals surface area contributed by atoms with Crippen LogP contribution >= 0.6 is 0 Å². The van der Waals surface area contributed by atoms with Gasteiger partial charge in [0, 0.05) is 7.05 Å². The highest BCUT2D eigenvalue weighted by Gasteiger charge is 2.13. The predicted octanol–water partition coefficient (Wildman–Crippen LogP) is 1.38. The minimum atomic E-state index is -0.505. The van der Waals surface area contributed by atoms with E-state index in [0.29, 0.717) is 5.82 Å². The van der Waals surface area contributed by atoms with Crippen molar-refractivity contribution in [2.75, 3.05) is 0 Å². The lowest BCUT2D eigenvalue weighted by Gasteiger charge is -2.01. The van der Waals surface area contributed by atoms with Crippen molar-refractivity contribution < 1.29 is 9.18 Å². The Morgan fingerprint density at radius 3 is 2.81 bits per heavy atom. The zero-order valence-corrected chi connectivity index (χ0v) is 8.72. The lowest BCUT2D eigenvalue weighted by molar-refractivity contribution is 0.0986. The van der Waals surface area contributed by atoms with Gasteiger partial charge in [-0.1, -0.05) is 12.1 Å². The van der Waals surface area contributed by atoms with Gasteiger partial charge in [0.25, 0.3) is 0 Å². The highest BCUT2D eigenvalue weighted by atomic mass is 19.1. The van der Waals surface area contributed by atoms with Crippen molar-refractivity contribution in [2.45, 2.75) is 6.42 Å². The molecule has 0 aliphatic rings. The van der Waals surface area contributed by atoms with Gasteiger partial charge in [-0.05, 0) is 12.1 Å². The molecule has 0 saturated heterocycles. The number of benzene rings is 1. The number of hydrogen-bond donors (Lipinski definition) is 0. The van der Waals surface area contributed by atoms with Gasteiger partial charge in [0.05, 0.1) is 12.0 Å². The fraction of sp³-hybridized carbons (Fsp3) is 0.182. The van der Waals surface area contributed by atoms with Crippen LogP contribution in [0.3, 0.4) is 0 Å². The van der Waals surface area contributed by atoms with Crippen molar-refractivity contribution in [3.63, 3.8) is 0 Å². The average molecular weight is 219 g/mol. The van der Waals surface area contributed by atoms with E-state index >= 15 is 0 Å². The molecule has 0 aliphatic heterocycles. The van der Waals surface area contributed by atoms with Gasteiger partial charge >= 0.3 is 0 Å². The van der Waals surface area contributed by atoms with Gasteiger partial charge in [-0.2, -0.15) is 5.10 Å². The number of aromatic nitrogens is 3. The molecule has 16 heavy (non-hydrogen) atoms. The molecule has 4 nitrogen and oxygen atoms in total. The topological polar surface area (TPSA) is 47.8 Å². The molecule has 0 saturated carbocycles. The van der Waals surface area contributed by atoms with Crippen molar-refractivity contribution in [3.05, 3.63) is 47.8 Å². The molecule has 0 aliphatic carbocycles. The molecule has 2 rings (SSSR count). The van der Waals surface area contributed by atoms with E-state index in [1.807, 2.05) is 0 Å². The molecule has 0 spiro atoms. The fourth-order valence-corrected chi connectivity index (χ4v) is 1.41. The molecule has 2 aromatic rings. The maximum absolute atomic E-state index is 13.3. The Bertz CT molecular complexity index is 521. The molecule has 0 radical (unpaired) electrons. The normalized spacial score (nSPS) is 10.4. The van der Waals surface area contributed by atoms with Gasteiger partial charge in [0.2, 0.25) is 0 Å². The number of nitrogens with zero attached hydrogens (tertiary/aromatic N) is 3. The average Bonchev–Trinajstić information content (AvgIpc) is 2.65. The largest absolute Gasteiger partial charge is 0.294 e. The number of aryl methyl sites for hydroxylation is 1. The maximum Gasteiger partial charge on any atom is 0.173 e. The van der Waals surface area contributed by atoms with Crippen molar-refractivity contribution >= 4 is 5.78 Å². The SMILES string of the molecule is Cn1ncnc1CC(=O)c1ccccc1F. The summed E-state index contributed by atoms with van der Waals surface area (Å²) in [6.45, 7) is 0. The van der Waals surface area contributed by atoms with Crippen molar-refractivity contribution in [1.82, 2.24) is 14.8 Å². The number of Topliss-reactive ketones (excluding diaryl/α,β-unsaturated/α-hetero) is 1. The van der Waals surface area contributed by atoms with E-state index in [9.17, 15) is 9.18 Å². The second-order valence-corrected chi connectivity index (χ2v) is 3.38. The quantitative estimate of drug-likeness (QED) is 0.733. The van der Waals surface area contributed by atoms with Gasteiger partial charge in [0.15, 0.2) is 5.78 Å². The molecule has 0 amide bonds. The van der Waals surface area contributed by atoms with Gasteiger partial charge in [-0.3, -0.25) is 9.48 Å². The first-order chi connectivity index (χ1) is 7.68. The van der Waals surface area contributed by atoms with Crippen molar-refractivity contribution in [2.24, 2.45) is 7.05 Å². The first-order valence-electron chi connectivity index (χ1n) is 4.79. The number of carbonyl (C=O) groups is 1. The van der Waals surface area contributed by atoms with Crippen LogP contribution < -0.4 is 0 Å². The smallest absolute Gasteiger partial charge is 0.173 e. The summed E-state index contributed by atoms with van der Waals surface area (Å²) >= 11 is 0.